The van der Waals surface area contributed by atoms with Crippen molar-refractivity contribution >= 4 is 21.6 Å². The second kappa shape index (κ2) is 6.73. The van der Waals surface area contributed by atoms with Gasteiger partial charge in [0.1, 0.15) is 0 Å². The molecule has 0 amide bonds. The van der Waals surface area contributed by atoms with Crippen LogP contribution in [0.5, 0.6) is 0 Å². The van der Waals surface area contributed by atoms with Crippen molar-refractivity contribution in [3.05, 3.63) is 28.7 Å². The summed E-state index contributed by atoms with van der Waals surface area (Å²) in [5.74, 6) is 0. The van der Waals surface area contributed by atoms with Gasteiger partial charge in [-0.3, -0.25) is 0 Å². The van der Waals surface area contributed by atoms with Crippen LogP contribution in [0.1, 0.15) is 13.3 Å². The number of likely N-dealkylation sites (N-methyl/N-ethyl adjacent to an activating group) is 2. The minimum Gasteiger partial charge on any atom is -0.365 e. The van der Waals surface area contributed by atoms with Crippen molar-refractivity contribution in [3.8, 4) is 0 Å². The van der Waals surface area contributed by atoms with E-state index in [1.807, 2.05) is 7.05 Å². The zero-order valence-electron chi connectivity index (χ0n) is 12.1. The zero-order chi connectivity index (χ0) is 13.8. The van der Waals surface area contributed by atoms with Crippen LogP contribution in [0, 0.1) is 0 Å². The second-order valence-corrected chi connectivity index (χ2v) is 6.29. The minimum atomic E-state index is 0.513. The van der Waals surface area contributed by atoms with Crippen LogP contribution in [-0.4, -0.2) is 50.7 Å². The molecular formula is C15H24BrN3. The Balaban J connectivity index is 2.27. The number of hydrogen-bond donors (Lipinski definition) is 1. The lowest BCUT2D eigenvalue weighted by Gasteiger charge is -2.33. The van der Waals surface area contributed by atoms with E-state index in [2.05, 4.69) is 69.3 Å². The van der Waals surface area contributed by atoms with E-state index in [1.165, 1.54) is 16.6 Å². The number of nitrogens with one attached hydrogen (secondary N) is 1. The smallest absolute Gasteiger partial charge is 0.0541 e. The van der Waals surface area contributed by atoms with Gasteiger partial charge in [-0.1, -0.05) is 12.1 Å². The maximum atomic E-state index is 3.69. The Bertz CT molecular complexity index is 410. The summed E-state index contributed by atoms with van der Waals surface area (Å²) in [5, 5.41) is 3.34. The van der Waals surface area contributed by atoms with E-state index in [9.17, 15) is 0 Å². The third-order valence-corrected chi connectivity index (χ3v) is 4.75. The van der Waals surface area contributed by atoms with E-state index in [0.717, 1.165) is 19.6 Å². The van der Waals surface area contributed by atoms with Crippen molar-refractivity contribution < 1.29 is 0 Å². The van der Waals surface area contributed by atoms with Crippen LogP contribution in [0.2, 0.25) is 0 Å². The van der Waals surface area contributed by atoms with Crippen LogP contribution in [0.15, 0.2) is 28.7 Å². The molecule has 1 heterocycles. The van der Waals surface area contributed by atoms with Crippen molar-refractivity contribution in [3.63, 3.8) is 0 Å². The Morgan fingerprint density at radius 2 is 2.11 bits per heavy atom. The highest BCUT2D eigenvalue weighted by atomic mass is 79.9. The van der Waals surface area contributed by atoms with E-state index in [-0.39, 0.29) is 0 Å². The molecule has 1 saturated heterocycles. The maximum absolute atomic E-state index is 3.69. The first kappa shape index (κ1) is 14.8. The van der Waals surface area contributed by atoms with Gasteiger partial charge in [0.15, 0.2) is 0 Å². The van der Waals surface area contributed by atoms with Gasteiger partial charge >= 0.3 is 0 Å². The Morgan fingerprint density at radius 3 is 2.79 bits per heavy atom. The molecule has 0 aliphatic carbocycles. The summed E-state index contributed by atoms with van der Waals surface area (Å²) in [6.45, 7) is 5.54. The molecule has 1 aromatic carbocycles. The van der Waals surface area contributed by atoms with Gasteiger partial charge in [-0.15, -0.1) is 0 Å². The Morgan fingerprint density at radius 1 is 1.37 bits per heavy atom. The summed E-state index contributed by atoms with van der Waals surface area (Å²) in [7, 11) is 4.27. The van der Waals surface area contributed by atoms with Crippen LogP contribution in [0.25, 0.3) is 0 Å². The summed E-state index contributed by atoms with van der Waals surface area (Å²) in [6, 6.07) is 9.69. The van der Waals surface area contributed by atoms with Crippen LogP contribution >= 0.6 is 15.9 Å². The van der Waals surface area contributed by atoms with Crippen molar-refractivity contribution in [1.29, 1.82) is 0 Å². The van der Waals surface area contributed by atoms with Gasteiger partial charge < -0.3 is 15.1 Å². The molecular weight excluding hydrogens is 302 g/mol. The third-order valence-electron chi connectivity index (χ3n) is 4.08. The summed E-state index contributed by atoms with van der Waals surface area (Å²) >= 11 is 3.69. The van der Waals surface area contributed by atoms with Gasteiger partial charge in [-0.2, -0.15) is 0 Å². The lowest BCUT2D eigenvalue weighted by Crippen LogP contribution is -2.46. The van der Waals surface area contributed by atoms with Gasteiger partial charge in [0, 0.05) is 30.1 Å². The van der Waals surface area contributed by atoms with E-state index >= 15 is 0 Å². The average molecular weight is 326 g/mol. The Labute approximate surface area is 125 Å². The highest BCUT2D eigenvalue weighted by molar-refractivity contribution is 9.10. The van der Waals surface area contributed by atoms with Crippen molar-refractivity contribution in [2.24, 2.45) is 0 Å². The molecule has 1 aliphatic rings. The molecule has 0 saturated carbocycles. The zero-order valence-corrected chi connectivity index (χ0v) is 13.7. The summed E-state index contributed by atoms with van der Waals surface area (Å²) in [4.78, 5) is 5.01. The van der Waals surface area contributed by atoms with Crippen LogP contribution < -0.4 is 10.2 Å². The fourth-order valence-electron chi connectivity index (χ4n) is 2.75. The first-order valence-electron chi connectivity index (χ1n) is 6.99. The van der Waals surface area contributed by atoms with Crippen molar-refractivity contribution in [1.82, 2.24) is 10.2 Å². The largest absolute Gasteiger partial charge is 0.365 e. The number of hydrogen-bond acceptors (Lipinski definition) is 3. The first-order chi connectivity index (χ1) is 9.13. The van der Waals surface area contributed by atoms with Gasteiger partial charge in [-0.05, 0) is 55.5 Å². The lowest BCUT2D eigenvalue weighted by molar-refractivity contribution is 0.254. The molecule has 0 aromatic heterocycles. The normalized spacial score (nSPS) is 25.4. The monoisotopic (exact) mass is 325 g/mol. The van der Waals surface area contributed by atoms with E-state index in [0.29, 0.717) is 12.1 Å². The van der Waals surface area contributed by atoms with Gasteiger partial charge in [-0.25, -0.2) is 0 Å². The number of benzene rings is 1. The number of rotatable bonds is 3. The fourth-order valence-corrected chi connectivity index (χ4v) is 3.26. The second-order valence-electron chi connectivity index (χ2n) is 5.43. The molecule has 1 aliphatic heterocycles. The lowest BCUT2D eigenvalue weighted by atomic mass is 10.2. The van der Waals surface area contributed by atoms with Crippen LogP contribution in [-0.2, 0) is 0 Å². The van der Waals surface area contributed by atoms with Gasteiger partial charge in [0.25, 0.3) is 0 Å². The Hall–Kier alpha value is -0.580. The molecule has 2 atom stereocenters. The van der Waals surface area contributed by atoms with Gasteiger partial charge in [0.05, 0.1) is 11.7 Å². The molecule has 1 fully saturated rings. The summed E-state index contributed by atoms with van der Waals surface area (Å²) < 4.78 is 1.19. The van der Waals surface area contributed by atoms with Gasteiger partial charge in [0.2, 0.25) is 0 Å². The van der Waals surface area contributed by atoms with E-state index < -0.39 is 0 Å². The number of anilines is 1. The van der Waals surface area contributed by atoms with Crippen LogP contribution in [0.3, 0.4) is 0 Å². The highest BCUT2D eigenvalue weighted by Gasteiger charge is 2.27. The number of halogens is 1. The minimum absolute atomic E-state index is 0.513. The molecule has 4 heteroatoms. The molecule has 0 spiro atoms. The predicted octanol–water partition coefficient (Wildman–Crippen LogP) is 2.57. The predicted molar refractivity (Wildman–Crippen MR) is 85.9 cm³/mol. The standard InChI is InChI=1S/C15H24BrN3/c1-12-8-9-19(13(10-17-2)11-18(12)3)15-7-5-4-6-14(15)16/h4-7,12-13,17H,8-11H2,1-3H3. The first-order valence-corrected chi connectivity index (χ1v) is 7.78. The molecule has 0 radical (unpaired) electrons. The van der Waals surface area contributed by atoms with Crippen LogP contribution in [0.4, 0.5) is 5.69 Å². The molecule has 3 nitrogen and oxygen atoms in total. The third kappa shape index (κ3) is 3.50. The molecule has 2 rings (SSSR count). The average Bonchev–Trinajstić information content (AvgIpc) is 2.52. The van der Waals surface area contributed by atoms with E-state index in [4.69, 9.17) is 0 Å². The molecule has 1 N–H and O–H groups in total. The number of para-hydroxylation sites is 1. The SMILES string of the molecule is CNCC1CN(C)C(C)CCN1c1ccccc1Br. The quantitative estimate of drug-likeness (QED) is 0.921. The summed E-state index contributed by atoms with van der Waals surface area (Å²) in [5.41, 5.74) is 1.31. The van der Waals surface area contributed by atoms with E-state index in [1.54, 1.807) is 0 Å². The topological polar surface area (TPSA) is 18.5 Å². The Kier molecular flexibility index (Phi) is 5.25. The molecule has 2 unspecified atom stereocenters. The highest BCUT2D eigenvalue weighted by Crippen LogP contribution is 2.29. The maximum Gasteiger partial charge on any atom is 0.0541 e. The number of nitrogens with zero attached hydrogens (tertiary/aromatic N) is 2. The molecule has 106 valence electrons. The summed E-state index contributed by atoms with van der Waals surface area (Å²) in [6.07, 6.45) is 1.21. The molecule has 1 aromatic rings. The molecule has 0 bridgehead atoms. The van der Waals surface area contributed by atoms with Crippen molar-refractivity contribution in [2.45, 2.75) is 25.4 Å². The molecule has 19 heavy (non-hydrogen) atoms. The van der Waals surface area contributed by atoms with Crippen molar-refractivity contribution in [2.75, 3.05) is 38.6 Å². The fraction of sp³-hybridized carbons (Fsp3) is 0.600.